The van der Waals surface area contributed by atoms with Crippen molar-refractivity contribution in [3.8, 4) is 11.5 Å². The van der Waals surface area contributed by atoms with Crippen LogP contribution in [-0.2, 0) is 16.1 Å². The molecule has 0 radical (unpaired) electrons. The highest BCUT2D eigenvalue weighted by atomic mass is 35.5. The third-order valence-electron chi connectivity index (χ3n) is 9.45. The number of piperidine rings is 1. The summed E-state index contributed by atoms with van der Waals surface area (Å²) in [6, 6.07) is 23.4. The largest absolute Gasteiger partial charge is 0.497 e. The molecule has 0 bridgehead atoms. The van der Waals surface area contributed by atoms with Crippen LogP contribution in [0.2, 0.25) is 5.02 Å². The van der Waals surface area contributed by atoms with Gasteiger partial charge in [-0.25, -0.2) is 4.79 Å². The SMILES string of the molecule is COc1ccc(CN(c2ccc3ccccc3c2)C(C(=O)NCC2CCN(C(=O)OC(C)(C)C)CC2)C(=O)c2ccc3c(Cl)c[nH]c3c2)c(OC)c1. The van der Waals surface area contributed by atoms with Crippen LogP contribution in [-0.4, -0.2) is 73.2 Å². The van der Waals surface area contributed by atoms with Crippen LogP contribution in [0.4, 0.5) is 10.5 Å². The monoisotopic (exact) mass is 724 g/mol. The van der Waals surface area contributed by atoms with E-state index in [0.29, 0.717) is 65.8 Å². The van der Waals surface area contributed by atoms with Gasteiger partial charge in [0, 0.05) is 66.2 Å². The second-order valence-electron chi connectivity index (χ2n) is 14.2. The molecular formula is C41H45ClN4O6. The van der Waals surface area contributed by atoms with Gasteiger partial charge in [-0.2, -0.15) is 0 Å². The van der Waals surface area contributed by atoms with E-state index in [-0.39, 0.29) is 24.3 Å². The van der Waals surface area contributed by atoms with Gasteiger partial charge in [0.05, 0.1) is 19.2 Å². The van der Waals surface area contributed by atoms with Crippen molar-refractivity contribution in [3.05, 3.63) is 101 Å². The zero-order valence-electron chi connectivity index (χ0n) is 30.2. The molecule has 1 aliphatic rings. The van der Waals surface area contributed by atoms with Crippen molar-refractivity contribution in [1.29, 1.82) is 0 Å². The maximum absolute atomic E-state index is 14.8. The average Bonchev–Trinajstić information content (AvgIpc) is 3.52. The Kier molecular flexibility index (Phi) is 11.0. The number of likely N-dealkylation sites (tertiary alicyclic amines) is 1. The van der Waals surface area contributed by atoms with Crippen LogP contribution in [0.1, 0.15) is 49.5 Å². The van der Waals surface area contributed by atoms with Crippen LogP contribution in [0.15, 0.2) is 85.1 Å². The van der Waals surface area contributed by atoms with E-state index in [9.17, 15) is 14.4 Å². The Hall–Kier alpha value is -5.22. The fourth-order valence-electron chi connectivity index (χ4n) is 6.64. The van der Waals surface area contributed by atoms with E-state index in [0.717, 1.165) is 21.7 Å². The van der Waals surface area contributed by atoms with Gasteiger partial charge < -0.3 is 34.3 Å². The number of H-pyrrole nitrogens is 1. The molecule has 1 aromatic heterocycles. The third-order valence-corrected chi connectivity index (χ3v) is 9.77. The predicted octanol–water partition coefficient (Wildman–Crippen LogP) is 8.01. The van der Waals surface area contributed by atoms with E-state index in [1.807, 2.05) is 80.3 Å². The zero-order valence-corrected chi connectivity index (χ0v) is 31.0. The van der Waals surface area contributed by atoms with Crippen LogP contribution < -0.4 is 19.7 Å². The minimum absolute atomic E-state index is 0.117. The van der Waals surface area contributed by atoms with E-state index in [2.05, 4.69) is 10.3 Å². The minimum Gasteiger partial charge on any atom is -0.497 e. The molecule has 4 aromatic carbocycles. The predicted molar refractivity (Wildman–Crippen MR) is 205 cm³/mol. The number of nitrogens with zero attached hydrogens (tertiary/aromatic N) is 2. The lowest BCUT2D eigenvalue weighted by atomic mass is 9.95. The lowest BCUT2D eigenvalue weighted by Crippen LogP contribution is -2.53. The Morgan fingerprint density at radius 1 is 0.942 bits per heavy atom. The number of rotatable bonds is 11. The number of anilines is 1. The first-order valence-corrected chi connectivity index (χ1v) is 17.8. The summed E-state index contributed by atoms with van der Waals surface area (Å²) in [6.07, 6.45) is 2.73. The number of nitrogens with one attached hydrogen (secondary N) is 2. The summed E-state index contributed by atoms with van der Waals surface area (Å²) < 4.78 is 16.8. The van der Waals surface area contributed by atoms with Crippen molar-refractivity contribution in [2.45, 2.75) is 51.8 Å². The van der Waals surface area contributed by atoms with E-state index >= 15 is 0 Å². The number of hydrogen-bond acceptors (Lipinski definition) is 7. The summed E-state index contributed by atoms with van der Waals surface area (Å²) >= 11 is 6.37. The Labute approximate surface area is 309 Å². The lowest BCUT2D eigenvalue weighted by molar-refractivity contribution is -0.121. The highest BCUT2D eigenvalue weighted by molar-refractivity contribution is 6.35. The van der Waals surface area contributed by atoms with Crippen LogP contribution in [0.25, 0.3) is 21.7 Å². The molecule has 2 amide bonds. The van der Waals surface area contributed by atoms with Crippen LogP contribution in [0.3, 0.4) is 0 Å². The second kappa shape index (κ2) is 15.6. The van der Waals surface area contributed by atoms with Crippen molar-refractivity contribution in [1.82, 2.24) is 15.2 Å². The zero-order chi connectivity index (χ0) is 37.0. The number of ketones is 1. The molecule has 2 N–H and O–H groups in total. The molecule has 1 fully saturated rings. The molecule has 6 rings (SSSR count). The quantitative estimate of drug-likeness (QED) is 0.105. The molecular weight excluding hydrogens is 680 g/mol. The fourth-order valence-corrected chi connectivity index (χ4v) is 6.86. The van der Waals surface area contributed by atoms with Crippen molar-refractivity contribution in [2.75, 3.05) is 38.8 Å². The van der Waals surface area contributed by atoms with E-state index in [1.54, 1.807) is 49.6 Å². The fraction of sp³-hybridized carbons (Fsp3) is 0.341. The molecule has 1 saturated heterocycles. The summed E-state index contributed by atoms with van der Waals surface area (Å²) in [7, 11) is 3.17. The Morgan fingerprint density at radius 3 is 2.40 bits per heavy atom. The molecule has 1 aliphatic heterocycles. The first-order chi connectivity index (χ1) is 24.9. The van der Waals surface area contributed by atoms with Gasteiger partial charge in [0.2, 0.25) is 0 Å². The lowest BCUT2D eigenvalue weighted by Gasteiger charge is -2.35. The first kappa shape index (κ1) is 36.6. The van der Waals surface area contributed by atoms with Crippen LogP contribution in [0, 0.1) is 5.92 Å². The second-order valence-corrected chi connectivity index (χ2v) is 14.6. The molecule has 0 aliphatic carbocycles. The van der Waals surface area contributed by atoms with Crippen molar-refractivity contribution >= 4 is 56.7 Å². The molecule has 52 heavy (non-hydrogen) atoms. The number of carbonyl (C=O) groups excluding carboxylic acids is 3. The number of methoxy groups -OCH3 is 2. The highest BCUT2D eigenvalue weighted by Crippen LogP contribution is 2.32. The number of benzene rings is 4. The van der Waals surface area contributed by atoms with E-state index < -0.39 is 17.6 Å². The molecule has 1 atom stereocenters. The van der Waals surface area contributed by atoms with Crippen molar-refractivity contribution in [2.24, 2.45) is 5.92 Å². The summed E-state index contributed by atoms with van der Waals surface area (Å²) in [5.41, 5.74) is 1.95. The van der Waals surface area contributed by atoms with Gasteiger partial charge in [-0.1, -0.05) is 54.1 Å². The number of hydrogen-bond donors (Lipinski definition) is 2. The maximum atomic E-state index is 14.8. The molecule has 2 heterocycles. The molecule has 5 aromatic rings. The topological polar surface area (TPSA) is 113 Å². The molecule has 11 heteroatoms. The van der Waals surface area contributed by atoms with Crippen LogP contribution >= 0.6 is 11.6 Å². The maximum Gasteiger partial charge on any atom is 0.410 e. The standard InChI is InChI=1S/C41H45ClN4O6/c1-41(2,3)52-40(49)45-18-16-26(17-19-45)23-44-39(48)37(38(47)29-12-15-33-34(42)24-43-35(33)21-29)46(25-30-11-14-32(50-4)22-36(30)51-5)31-13-10-27-8-6-7-9-28(27)20-31/h6-15,20-22,24,26,37,43H,16-19,23,25H2,1-5H3,(H,44,48). The normalized spacial score (nSPS) is 14.2. The summed E-state index contributed by atoms with van der Waals surface area (Å²) in [6.45, 7) is 7.13. The molecule has 272 valence electrons. The summed E-state index contributed by atoms with van der Waals surface area (Å²) in [4.78, 5) is 48.7. The van der Waals surface area contributed by atoms with Gasteiger partial charge in [-0.15, -0.1) is 0 Å². The molecule has 1 unspecified atom stereocenters. The first-order valence-electron chi connectivity index (χ1n) is 17.5. The van der Waals surface area contributed by atoms with Crippen molar-refractivity contribution < 1.29 is 28.6 Å². The molecule has 10 nitrogen and oxygen atoms in total. The average molecular weight is 725 g/mol. The van der Waals surface area contributed by atoms with E-state index in [1.165, 1.54) is 0 Å². The molecule has 0 saturated carbocycles. The Balaban J connectivity index is 1.35. The summed E-state index contributed by atoms with van der Waals surface area (Å²) in [5.74, 6) is 0.511. The Bertz CT molecular complexity index is 2080. The van der Waals surface area contributed by atoms with Gasteiger partial charge in [-0.05, 0) is 80.6 Å². The van der Waals surface area contributed by atoms with Crippen LogP contribution in [0.5, 0.6) is 11.5 Å². The van der Waals surface area contributed by atoms with E-state index in [4.69, 9.17) is 25.8 Å². The van der Waals surface area contributed by atoms with Gasteiger partial charge in [0.1, 0.15) is 17.1 Å². The number of amides is 2. The number of ether oxygens (including phenoxy) is 3. The number of carbonyl (C=O) groups is 3. The smallest absolute Gasteiger partial charge is 0.410 e. The number of fused-ring (bicyclic) bond motifs is 2. The number of Topliss-reactive ketones (excluding diaryl/α,β-unsaturated/α-hetero) is 1. The Morgan fingerprint density at radius 2 is 1.69 bits per heavy atom. The number of halogens is 1. The van der Waals surface area contributed by atoms with Crippen molar-refractivity contribution in [3.63, 3.8) is 0 Å². The third kappa shape index (κ3) is 8.29. The van der Waals surface area contributed by atoms with Gasteiger partial charge in [0.25, 0.3) is 5.91 Å². The summed E-state index contributed by atoms with van der Waals surface area (Å²) in [5, 5.41) is 6.47. The van der Waals surface area contributed by atoms with Gasteiger partial charge in [0.15, 0.2) is 11.8 Å². The highest BCUT2D eigenvalue weighted by Gasteiger charge is 2.36. The minimum atomic E-state index is -1.25. The van der Waals surface area contributed by atoms with Gasteiger partial charge >= 0.3 is 6.09 Å². The van der Waals surface area contributed by atoms with Gasteiger partial charge in [-0.3, -0.25) is 9.59 Å². The number of aromatic nitrogens is 1. The molecule has 0 spiro atoms. The number of aromatic amines is 1.